The monoisotopic (exact) mass is 336 g/mol. The van der Waals surface area contributed by atoms with Crippen LogP contribution in [0, 0.1) is 13.8 Å². The van der Waals surface area contributed by atoms with Crippen LogP contribution in [0.3, 0.4) is 0 Å². The summed E-state index contributed by atoms with van der Waals surface area (Å²) in [6, 6.07) is 3.84. The lowest BCUT2D eigenvalue weighted by atomic mass is 10.2. The van der Waals surface area contributed by atoms with Crippen molar-refractivity contribution in [3.63, 3.8) is 0 Å². The molecule has 0 saturated heterocycles. The van der Waals surface area contributed by atoms with Crippen molar-refractivity contribution in [3.05, 3.63) is 42.1 Å². The highest BCUT2D eigenvalue weighted by atomic mass is 15.3. The van der Waals surface area contributed by atoms with E-state index in [0.717, 1.165) is 35.3 Å². The largest absolute Gasteiger partial charge is 0.338 e. The van der Waals surface area contributed by atoms with Crippen LogP contribution in [0.15, 0.2) is 30.9 Å². The van der Waals surface area contributed by atoms with E-state index in [1.54, 1.807) is 23.2 Å². The number of hydrogen-bond donors (Lipinski definition) is 1. The first-order valence-corrected chi connectivity index (χ1v) is 8.46. The normalized spacial score (nSPS) is 11.9. The highest BCUT2D eigenvalue weighted by Crippen LogP contribution is 2.27. The van der Waals surface area contributed by atoms with Crippen LogP contribution in [0.5, 0.6) is 0 Å². The van der Waals surface area contributed by atoms with Gasteiger partial charge in [-0.15, -0.1) is 5.10 Å². The fraction of sp³-hybridized carbons (Fsp3) is 0.333. The summed E-state index contributed by atoms with van der Waals surface area (Å²) in [5.74, 6) is 0.694. The molecular weight excluding hydrogens is 314 g/mol. The first-order chi connectivity index (χ1) is 12.1. The molecule has 7 nitrogen and oxygen atoms in total. The molecule has 0 fully saturated rings. The molecule has 0 radical (unpaired) electrons. The van der Waals surface area contributed by atoms with Crippen LogP contribution in [0.1, 0.15) is 11.3 Å². The summed E-state index contributed by atoms with van der Waals surface area (Å²) in [7, 11) is 4.33. The third kappa shape index (κ3) is 2.56. The Kier molecular flexibility index (Phi) is 3.73. The van der Waals surface area contributed by atoms with Gasteiger partial charge in [0.05, 0.1) is 32.6 Å². The molecule has 4 aromatic heterocycles. The van der Waals surface area contributed by atoms with E-state index in [2.05, 4.69) is 47.6 Å². The number of hydrogen-bond acceptors (Lipinski definition) is 4. The van der Waals surface area contributed by atoms with Crippen LogP contribution < -0.4 is 4.90 Å². The van der Waals surface area contributed by atoms with Crippen molar-refractivity contribution >= 4 is 16.7 Å². The van der Waals surface area contributed by atoms with E-state index >= 15 is 0 Å². The summed E-state index contributed by atoms with van der Waals surface area (Å²) >= 11 is 0. The second kappa shape index (κ2) is 5.93. The molecule has 0 spiro atoms. The van der Waals surface area contributed by atoms with E-state index in [1.165, 1.54) is 16.2 Å². The molecule has 0 aliphatic carbocycles. The van der Waals surface area contributed by atoms with Gasteiger partial charge in [-0.25, -0.2) is 14.5 Å². The number of nitrogens with one attached hydrogen (secondary N) is 1. The van der Waals surface area contributed by atoms with Crippen LogP contribution in [0.2, 0.25) is 0 Å². The zero-order valence-electron chi connectivity index (χ0n) is 15.0. The van der Waals surface area contributed by atoms with Crippen LogP contribution >= 0.6 is 0 Å². The Hall–Kier alpha value is -2.80. The third-order valence-electron chi connectivity index (χ3n) is 4.72. The maximum absolute atomic E-state index is 4.79. The lowest BCUT2D eigenvalue weighted by Gasteiger charge is -2.10. The van der Waals surface area contributed by atoms with Crippen molar-refractivity contribution in [2.75, 3.05) is 20.6 Å². The second-order valence-electron chi connectivity index (χ2n) is 6.70. The minimum Gasteiger partial charge on any atom is -0.338 e. The first-order valence-electron chi connectivity index (χ1n) is 8.46. The molecule has 0 aromatic carbocycles. The first kappa shape index (κ1) is 15.7. The zero-order valence-corrected chi connectivity index (χ0v) is 15.0. The number of fused-ring (bicyclic) bond motifs is 3. The fourth-order valence-electron chi connectivity index (χ4n) is 3.16. The van der Waals surface area contributed by atoms with Crippen molar-refractivity contribution in [2.45, 2.75) is 20.4 Å². The molecule has 1 N–H and O–H groups in total. The predicted octanol–water partition coefficient (Wildman–Crippen LogP) is 0.902. The maximum Gasteiger partial charge on any atom is 0.182 e. The molecule has 4 heterocycles. The number of aromatic nitrogens is 6. The Morgan fingerprint density at radius 2 is 1.84 bits per heavy atom. The fourth-order valence-corrected chi connectivity index (χ4v) is 3.16. The van der Waals surface area contributed by atoms with Crippen LogP contribution in [0.25, 0.3) is 28.1 Å². The van der Waals surface area contributed by atoms with E-state index in [1.807, 2.05) is 12.1 Å². The van der Waals surface area contributed by atoms with Gasteiger partial charge in [-0.1, -0.05) is 0 Å². The Bertz CT molecular complexity index is 1040. The molecule has 4 rings (SSSR count). The topological polar surface area (TPSA) is 65.3 Å². The van der Waals surface area contributed by atoms with E-state index in [0.29, 0.717) is 5.82 Å². The van der Waals surface area contributed by atoms with E-state index < -0.39 is 0 Å². The average molecular weight is 336 g/mol. The molecule has 0 atom stereocenters. The number of nitrogens with zero attached hydrogens (tertiary/aromatic N) is 6. The van der Waals surface area contributed by atoms with Gasteiger partial charge in [-0.3, -0.25) is 4.98 Å². The molecule has 0 bridgehead atoms. The predicted molar refractivity (Wildman–Crippen MR) is 96.7 cm³/mol. The van der Waals surface area contributed by atoms with Gasteiger partial charge in [-0.05, 0) is 31.5 Å². The van der Waals surface area contributed by atoms with Gasteiger partial charge in [0.15, 0.2) is 11.5 Å². The number of quaternary nitrogens is 1. The van der Waals surface area contributed by atoms with Gasteiger partial charge in [-0.2, -0.15) is 0 Å². The molecule has 0 unspecified atom stereocenters. The van der Waals surface area contributed by atoms with Crippen LogP contribution in [-0.4, -0.2) is 49.8 Å². The highest BCUT2D eigenvalue weighted by molar-refractivity contribution is 5.94. The Labute approximate surface area is 146 Å². The zero-order chi connectivity index (χ0) is 17.6. The number of rotatable bonds is 4. The standard InChI is InChI=1S/C18H21N7/c1-12-13(2)24(10-9-23(3)4)17-15(12)18-21-16(22-25(18)11-20-17)14-5-7-19-8-6-14/h5-8,11H,9-10H2,1-4H3/p+1. The van der Waals surface area contributed by atoms with Crippen molar-refractivity contribution in [1.82, 2.24) is 29.1 Å². The third-order valence-corrected chi connectivity index (χ3v) is 4.72. The van der Waals surface area contributed by atoms with Crippen molar-refractivity contribution < 1.29 is 4.90 Å². The summed E-state index contributed by atoms with van der Waals surface area (Å²) < 4.78 is 4.06. The molecule has 7 heteroatoms. The molecule has 128 valence electrons. The summed E-state index contributed by atoms with van der Waals surface area (Å²) in [6.45, 7) is 6.27. The maximum atomic E-state index is 4.79. The highest BCUT2D eigenvalue weighted by Gasteiger charge is 2.18. The number of likely N-dealkylation sites (N-methyl/N-ethyl adjacent to an activating group) is 1. The van der Waals surface area contributed by atoms with Crippen LogP contribution in [-0.2, 0) is 6.54 Å². The van der Waals surface area contributed by atoms with E-state index in [4.69, 9.17) is 4.98 Å². The average Bonchev–Trinajstić information content (AvgIpc) is 3.14. The van der Waals surface area contributed by atoms with Crippen molar-refractivity contribution in [1.29, 1.82) is 0 Å². The minimum atomic E-state index is 0.694. The summed E-state index contributed by atoms with van der Waals surface area (Å²) in [6.07, 6.45) is 5.27. The summed E-state index contributed by atoms with van der Waals surface area (Å²) in [5.41, 5.74) is 5.25. The molecule has 0 saturated carbocycles. The van der Waals surface area contributed by atoms with Crippen molar-refractivity contribution in [3.8, 4) is 11.4 Å². The minimum absolute atomic E-state index is 0.694. The molecule has 4 aromatic rings. The molecule has 0 amide bonds. The van der Waals surface area contributed by atoms with Gasteiger partial charge in [0.25, 0.3) is 0 Å². The van der Waals surface area contributed by atoms with Gasteiger partial charge < -0.3 is 9.47 Å². The second-order valence-corrected chi connectivity index (χ2v) is 6.70. The Balaban J connectivity index is 1.92. The van der Waals surface area contributed by atoms with Crippen molar-refractivity contribution in [2.24, 2.45) is 0 Å². The lowest BCUT2D eigenvalue weighted by Crippen LogP contribution is -3.06. The van der Waals surface area contributed by atoms with Gasteiger partial charge in [0.2, 0.25) is 0 Å². The summed E-state index contributed by atoms with van der Waals surface area (Å²) in [4.78, 5) is 14.9. The SMILES string of the molecule is Cc1c(C)n(CC[NH+](C)C)c2ncn3nc(-c4ccncc4)nc3c12. The molecule has 0 aliphatic heterocycles. The molecule has 25 heavy (non-hydrogen) atoms. The summed E-state index contributed by atoms with van der Waals surface area (Å²) in [5, 5.41) is 5.67. The van der Waals surface area contributed by atoms with Gasteiger partial charge in [0, 0.05) is 23.7 Å². The van der Waals surface area contributed by atoms with E-state index in [9.17, 15) is 0 Å². The smallest absolute Gasteiger partial charge is 0.182 e. The quantitative estimate of drug-likeness (QED) is 0.601. The Morgan fingerprint density at radius 3 is 2.56 bits per heavy atom. The molecule has 0 aliphatic rings. The lowest BCUT2D eigenvalue weighted by molar-refractivity contribution is -0.858. The number of aryl methyl sites for hydroxylation is 1. The van der Waals surface area contributed by atoms with Gasteiger partial charge in [0.1, 0.15) is 12.0 Å². The molecular formula is C18H22N7+. The number of pyridine rings is 1. The van der Waals surface area contributed by atoms with Crippen LogP contribution in [0.4, 0.5) is 0 Å². The van der Waals surface area contributed by atoms with E-state index in [-0.39, 0.29) is 0 Å². The Morgan fingerprint density at radius 1 is 1.08 bits per heavy atom. The van der Waals surface area contributed by atoms with Gasteiger partial charge >= 0.3 is 0 Å².